The molecule has 6 heteroatoms. The standard InChI is InChI=1S/C7H11N3O2S/c1-3-4-8-7-6(10(11)12)5(2)9-13-7/h8H,3-4H2,1-2H3. The summed E-state index contributed by atoms with van der Waals surface area (Å²) < 4.78 is 3.93. The maximum atomic E-state index is 10.6. The molecule has 0 atom stereocenters. The van der Waals surface area contributed by atoms with Crippen LogP contribution in [0.15, 0.2) is 0 Å². The minimum absolute atomic E-state index is 0.110. The minimum atomic E-state index is -0.392. The van der Waals surface area contributed by atoms with Crippen LogP contribution in [0.1, 0.15) is 19.0 Å². The third-order valence-corrected chi connectivity index (χ3v) is 2.44. The Morgan fingerprint density at radius 1 is 1.69 bits per heavy atom. The van der Waals surface area contributed by atoms with E-state index in [9.17, 15) is 10.1 Å². The molecule has 0 aliphatic carbocycles. The predicted octanol–water partition coefficient (Wildman–Crippen LogP) is 2.18. The summed E-state index contributed by atoms with van der Waals surface area (Å²) in [4.78, 5) is 10.2. The van der Waals surface area contributed by atoms with Crippen LogP contribution in [0.2, 0.25) is 0 Å². The molecule has 1 rings (SSSR count). The third kappa shape index (κ3) is 2.15. The Bertz CT molecular complexity index is 311. The summed E-state index contributed by atoms with van der Waals surface area (Å²) in [6, 6.07) is 0. The van der Waals surface area contributed by atoms with Crippen molar-refractivity contribution < 1.29 is 4.92 Å². The van der Waals surface area contributed by atoms with Crippen molar-refractivity contribution in [1.29, 1.82) is 0 Å². The summed E-state index contributed by atoms with van der Waals surface area (Å²) >= 11 is 1.14. The maximum absolute atomic E-state index is 10.6. The van der Waals surface area contributed by atoms with Gasteiger partial charge in [-0.25, -0.2) is 0 Å². The fourth-order valence-electron chi connectivity index (χ4n) is 0.934. The van der Waals surface area contributed by atoms with Gasteiger partial charge in [0, 0.05) is 6.54 Å². The number of aromatic nitrogens is 1. The minimum Gasteiger partial charge on any atom is -0.370 e. The number of aryl methyl sites for hydroxylation is 1. The van der Waals surface area contributed by atoms with E-state index in [1.54, 1.807) is 6.92 Å². The van der Waals surface area contributed by atoms with Crippen LogP contribution in [0.4, 0.5) is 10.7 Å². The molecule has 13 heavy (non-hydrogen) atoms. The highest BCUT2D eigenvalue weighted by molar-refractivity contribution is 7.10. The van der Waals surface area contributed by atoms with Gasteiger partial charge in [-0.1, -0.05) is 6.92 Å². The molecule has 0 aromatic carbocycles. The molecule has 0 unspecified atom stereocenters. The molecular weight excluding hydrogens is 190 g/mol. The van der Waals surface area contributed by atoms with E-state index in [2.05, 4.69) is 9.69 Å². The number of nitrogens with zero attached hydrogens (tertiary/aromatic N) is 2. The van der Waals surface area contributed by atoms with Gasteiger partial charge in [-0.3, -0.25) is 10.1 Å². The highest BCUT2D eigenvalue weighted by atomic mass is 32.1. The SMILES string of the molecule is CCCNc1snc(C)c1[N+](=O)[O-]. The Hall–Kier alpha value is -1.17. The van der Waals surface area contributed by atoms with E-state index in [-0.39, 0.29) is 5.69 Å². The lowest BCUT2D eigenvalue weighted by molar-refractivity contribution is -0.384. The highest BCUT2D eigenvalue weighted by Gasteiger charge is 2.20. The molecule has 0 radical (unpaired) electrons. The van der Waals surface area contributed by atoms with Crippen LogP contribution in [-0.4, -0.2) is 15.8 Å². The fraction of sp³-hybridized carbons (Fsp3) is 0.571. The summed E-state index contributed by atoms with van der Waals surface area (Å²) in [6.45, 7) is 4.39. The van der Waals surface area contributed by atoms with Crippen LogP contribution in [0.3, 0.4) is 0 Å². The number of rotatable bonds is 4. The highest BCUT2D eigenvalue weighted by Crippen LogP contribution is 2.31. The monoisotopic (exact) mass is 201 g/mol. The van der Waals surface area contributed by atoms with Gasteiger partial charge < -0.3 is 5.32 Å². The van der Waals surface area contributed by atoms with E-state index >= 15 is 0 Å². The first-order valence-corrected chi connectivity index (χ1v) is 4.78. The number of nitrogens with one attached hydrogen (secondary N) is 1. The summed E-state index contributed by atoms with van der Waals surface area (Å²) in [5.41, 5.74) is 0.590. The number of nitro groups is 1. The van der Waals surface area contributed by atoms with Crippen LogP contribution >= 0.6 is 11.5 Å². The van der Waals surface area contributed by atoms with Gasteiger partial charge in [0.15, 0.2) is 5.00 Å². The van der Waals surface area contributed by atoms with Crippen LogP contribution in [0, 0.1) is 17.0 Å². The Balaban J connectivity index is 2.87. The predicted molar refractivity (Wildman–Crippen MR) is 52.3 cm³/mol. The van der Waals surface area contributed by atoms with Crippen molar-refractivity contribution in [3.8, 4) is 0 Å². The van der Waals surface area contributed by atoms with Crippen molar-refractivity contribution >= 4 is 22.2 Å². The molecule has 0 saturated carbocycles. The van der Waals surface area contributed by atoms with Crippen molar-refractivity contribution in [3.63, 3.8) is 0 Å². The third-order valence-electron chi connectivity index (χ3n) is 1.55. The zero-order chi connectivity index (χ0) is 9.84. The molecule has 1 heterocycles. The Morgan fingerprint density at radius 3 is 2.92 bits per heavy atom. The lowest BCUT2D eigenvalue weighted by atomic mass is 10.4. The molecule has 1 aromatic heterocycles. The fourth-order valence-corrected chi connectivity index (χ4v) is 1.72. The summed E-state index contributed by atoms with van der Waals surface area (Å²) in [5, 5.41) is 14.1. The van der Waals surface area contributed by atoms with Crippen molar-refractivity contribution in [2.75, 3.05) is 11.9 Å². The normalized spacial score (nSPS) is 10.0. The Kier molecular flexibility index (Phi) is 3.18. The van der Waals surface area contributed by atoms with E-state index in [4.69, 9.17) is 0 Å². The molecule has 0 aliphatic heterocycles. The van der Waals surface area contributed by atoms with Gasteiger partial charge in [0.05, 0.1) is 4.92 Å². The van der Waals surface area contributed by atoms with Gasteiger partial charge >= 0.3 is 5.69 Å². The van der Waals surface area contributed by atoms with E-state index in [0.29, 0.717) is 10.7 Å². The maximum Gasteiger partial charge on any atom is 0.326 e. The molecule has 0 aliphatic rings. The van der Waals surface area contributed by atoms with Crippen molar-refractivity contribution in [1.82, 2.24) is 4.37 Å². The first-order valence-electron chi connectivity index (χ1n) is 4.01. The number of anilines is 1. The van der Waals surface area contributed by atoms with E-state index in [1.807, 2.05) is 6.92 Å². The second-order valence-corrected chi connectivity index (χ2v) is 3.40. The zero-order valence-electron chi connectivity index (χ0n) is 7.53. The summed E-state index contributed by atoms with van der Waals surface area (Å²) in [7, 11) is 0. The number of hydrogen-bond acceptors (Lipinski definition) is 5. The second kappa shape index (κ2) is 4.18. The van der Waals surface area contributed by atoms with Gasteiger partial charge in [0.25, 0.3) is 0 Å². The van der Waals surface area contributed by atoms with Gasteiger partial charge in [-0.2, -0.15) is 4.37 Å². The lowest BCUT2D eigenvalue weighted by Crippen LogP contribution is -2.00. The first-order chi connectivity index (χ1) is 6.16. The molecule has 5 nitrogen and oxygen atoms in total. The Labute approximate surface area is 80.1 Å². The Morgan fingerprint density at radius 2 is 2.38 bits per heavy atom. The molecule has 0 spiro atoms. The summed E-state index contributed by atoms with van der Waals surface area (Å²) in [6.07, 6.45) is 0.939. The molecule has 0 fully saturated rings. The van der Waals surface area contributed by atoms with Gasteiger partial charge in [-0.05, 0) is 24.9 Å². The van der Waals surface area contributed by atoms with Crippen molar-refractivity contribution in [3.05, 3.63) is 15.8 Å². The molecular formula is C7H11N3O2S. The van der Waals surface area contributed by atoms with Crippen LogP contribution < -0.4 is 5.32 Å². The molecule has 72 valence electrons. The average Bonchev–Trinajstić information content (AvgIpc) is 2.43. The quantitative estimate of drug-likeness (QED) is 0.598. The van der Waals surface area contributed by atoms with Crippen LogP contribution in [0.25, 0.3) is 0 Å². The zero-order valence-corrected chi connectivity index (χ0v) is 8.35. The van der Waals surface area contributed by atoms with E-state index in [1.165, 1.54) is 0 Å². The summed E-state index contributed by atoms with van der Waals surface area (Å²) in [5.74, 6) is 0. The topological polar surface area (TPSA) is 68.1 Å². The van der Waals surface area contributed by atoms with Crippen LogP contribution in [0.5, 0.6) is 0 Å². The second-order valence-electron chi connectivity index (χ2n) is 2.63. The van der Waals surface area contributed by atoms with Gasteiger partial charge in [0.1, 0.15) is 5.69 Å². The van der Waals surface area contributed by atoms with Crippen molar-refractivity contribution in [2.45, 2.75) is 20.3 Å². The number of hydrogen-bond donors (Lipinski definition) is 1. The molecule has 0 saturated heterocycles. The van der Waals surface area contributed by atoms with Gasteiger partial charge in [0.2, 0.25) is 0 Å². The van der Waals surface area contributed by atoms with Gasteiger partial charge in [-0.15, -0.1) is 0 Å². The lowest BCUT2D eigenvalue weighted by Gasteiger charge is -1.98. The molecule has 1 N–H and O–H groups in total. The van der Waals surface area contributed by atoms with E-state index < -0.39 is 4.92 Å². The smallest absolute Gasteiger partial charge is 0.326 e. The first kappa shape index (κ1) is 9.91. The molecule has 1 aromatic rings. The molecule has 0 amide bonds. The molecule has 0 bridgehead atoms. The largest absolute Gasteiger partial charge is 0.370 e. The van der Waals surface area contributed by atoms with E-state index in [0.717, 1.165) is 24.5 Å². The van der Waals surface area contributed by atoms with Crippen LogP contribution in [-0.2, 0) is 0 Å². The average molecular weight is 201 g/mol. The van der Waals surface area contributed by atoms with Crippen molar-refractivity contribution in [2.24, 2.45) is 0 Å².